The summed E-state index contributed by atoms with van der Waals surface area (Å²) in [6.07, 6.45) is 0. The number of anilines is 1. The number of aromatic nitrogens is 3. The number of hydrogen-bond donors (Lipinski definition) is 1. The highest BCUT2D eigenvalue weighted by Gasteiger charge is 2.20. The number of hydrogen-bond acceptors (Lipinski definition) is 6. The number of thioether (sulfide) groups is 1. The number of amides is 1. The fourth-order valence-electron chi connectivity index (χ4n) is 3.44. The maximum atomic E-state index is 14.5. The van der Waals surface area contributed by atoms with Crippen LogP contribution in [0.5, 0.6) is 11.5 Å². The Kier molecular flexibility index (Phi) is 5.95. The largest absolute Gasteiger partial charge is 0.486 e. The molecule has 0 atom stereocenters. The topological polar surface area (TPSA) is 78.3 Å². The Balaban J connectivity index is 1.36. The number of carbonyl (C=O) groups is 1. The van der Waals surface area contributed by atoms with Crippen LogP contribution in [0.2, 0.25) is 0 Å². The van der Waals surface area contributed by atoms with Gasteiger partial charge in [0.2, 0.25) is 5.91 Å². The minimum absolute atomic E-state index is 0.0939. The van der Waals surface area contributed by atoms with Crippen LogP contribution in [0.4, 0.5) is 10.1 Å². The number of ether oxygens (including phenoxy) is 2. The summed E-state index contributed by atoms with van der Waals surface area (Å²) in [7, 11) is 0. The smallest absolute Gasteiger partial charge is 0.234 e. The quantitative estimate of drug-likeness (QED) is 0.423. The van der Waals surface area contributed by atoms with E-state index in [1.165, 1.54) is 17.8 Å². The number of rotatable bonds is 6. The summed E-state index contributed by atoms with van der Waals surface area (Å²) in [4.78, 5) is 12.6. The van der Waals surface area contributed by atoms with Crippen molar-refractivity contribution in [2.24, 2.45) is 0 Å². The van der Waals surface area contributed by atoms with Crippen LogP contribution in [0.15, 0.2) is 78.0 Å². The molecule has 3 aromatic carbocycles. The molecule has 2 heterocycles. The zero-order chi connectivity index (χ0) is 22.6. The van der Waals surface area contributed by atoms with Crippen LogP contribution in [0.1, 0.15) is 0 Å². The molecule has 0 radical (unpaired) electrons. The minimum Gasteiger partial charge on any atom is -0.486 e. The lowest BCUT2D eigenvalue weighted by atomic mass is 10.2. The van der Waals surface area contributed by atoms with Gasteiger partial charge in [0.1, 0.15) is 19.0 Å². The van der Waals surface area contributed by atoms with E-state index in [0.29, 0.717) is 46.9 Å². The number of fused-ring (bicyclic) bond motifs is 1. The number of nitrogens with one attached hydrogen (secondary N) is 1. The molecule has 7 nitrogen and oxygen atoms in total. The van der Waals surface area contributed by atoms with E-state index >= 15 is 0 Å². The molecule has 1 amide bonds. The standard InChI is InChI=1S/C24H19FN4O3S/c25-19-9-5-4-8-18(19)23-27-28-24(29(23)17-6-2-1-3-7-17)33-15-22(30)26-16-10-11-20-21(14-16)32-13-12-31-20/h1-11,14H,12-13,15H2,(H,26,30). The molecule has 1 aromatic heterocycles. The van der Waals surface area contributed by atoms with Gasteiger partial charge in [-0.1, -0.05) is 42.1 Å². The van der Waals surface area contributed by atoms with E-state index in [2.05, 4.69) is 15.5 Å². The summed E-state index contributed by atoms with van der Waals surface area (Å²) in [6.45, 7) is 0.978. The Hall–Kier alpha value is -3.85. The first-order chi connectivity index (χ1) is 16.2. The summed E-state index contributed by atoms with van der Waals surface area (Å²) < 4.78 is 27.3. The van der Waals surface area contributed by atoms with E-state index < -0.39 is 5.82 Å². The van der Waals surface area contributed by atoms with Gasteiger partial charge >= 0.3 is 0 Å². The average molecular weight is 463 g/mol. The molecule has 0 unspecified atom stereocenters. The fourth-order valence-corrected chi connectivity index (χ4v) is 4.19. The molecule has 9 heteroatoms. The molecule has 4 aromatic rings. The molecular formula is C24H19FN4O3S. The van der Waals surface area contributed by atoms with Crippen LogP contribution in [-0.2, 0) is 4.79 Å². The lowest BCUT2D eigenvalue weighted by molar-refractivity contribution is -0.113. The summed E-state index contributed by atoms with van der Waals surface area (Å²) >= 11 is 1.22. The summed E-state index contributed by atoms with van der Waals surface area (Å²) in [6, 6.07) is 21.1. The van der Waals surface area contributed by atoms with Gasteiger partial charge in [0.05, 0.1) is 11.3 Å². The molecule has 0 fully saturated rings. The zero-order valence-electron chi connectivity index (χ0n) is 17.4. The van der Waals surface area contributed by atoms with Crippen molar-refractivity contribution in [3.63, 3.8) is 0 Å². The second kappa shape index (κ2) is 9.33. The van der Waals surface area contributed by atoms with Gasteiger partial charge in [0, 0.05) is 17.4 Å². The lowest BCUT2D eigenvalue weighted by Gasteiger charge is -2.19. The molecular weight excluding hydrogens is 443 g/mol. The van der Waals surface area contributed by atoms with Crippen LogP contribution < -0.4 is 14.8 Å². The average Bonchev–Trinajstić information content (AvgIpc) is 3.27. The van der Waals surface area contributed by atoms with E-state index in [9.17, 15) is 9.18 Å². The first-order valence-corrected chi connectivity index (χ1v) is 11.3. The zero-order valence-corrected chi connectivity index (χ0v) is 18.2. The highest BCUT2D eigenvalue weighted by molar-refractivity contribution is 7.99. The minimum atomic E-state index is -0.394. The highest BCUT2D eigenvalue weighted by Crippen LogP contribution is 2.33. The van der Waals surface area contributed by atoms with E-state index in [1.54, 1.807) is 41.0 Å². The van der Waals surface area contributed by atoms with Gasteiger partial charge < -0.3 is 14.8 Å². The molecule has 0 saturated carbocycles. The van der Waals surface area contributed by atoms with Crippen LogP contribution in [-0.4, -0.2) is 39.6 Å². The lowest BCUT2D eigenvalue weighted by Crippen LogP contribution is -2.17. The maximum Gasteiger partial charge on any atom is 0.234 e. The molecule has 33 heavy (non-hydrogen) atoms. The number of halogens is 1. The first-order valence-electron chi connectivity index (χ1n) is 10.3. The monoisotopic (exact) mass is 462 g/mol. The van der Waals surface area contributed by atoms with Crippen molar-refractivity contribution < 1.29 is 18.7 Å². The van der Waals surface area contributed by atoms with Gasteiger partial charge in [-0.2, -0.15) is 0 Å². The van der Waals surface area contributed by atoms with Crippen LogP contribution >= 0.6 is 11.8 Å². The van der Waals surface area contributed by atoms with Crippen LogP contribution in [0, 0.1) is 5.82 Å². The van der Waals surface area contributed by atoms with Crippen molar-refractivity contribution in [1.29, 1.82) is 0 Å². The Labute approximate surface area is 193 Å². The number of para-hydroxylation sites is 1. The molecule has 0 bridgehead atoms. The van der Waals surface area contributed by atoms with Gasteiger partial charge in [-0.15, -0.1) is 10.2 Å². The third-order valence-electron chi connectivity index (χ3n) is 4.92. The summed E-state index contributed by atoms with van der Waals surface area (Å²) in [5, 5.41) is 11.8. The van der Waals surface area contributed by atoms with Gasteiger partial charge in [-0.25, -0.2) is 4.39 Å². The van der Waals surface area contributed by atoms with Crippen LogP contribution in [0.3, 0.4) is 0 Å². The summed E-state index contributed by atoms with van der Waals surface area (Å²) in [5.41, 5.74) is 1.72. The van der Waals surface area contributed by atoms with E-state index in [4.69, 9.17) is 9.47 Å². The Morgan fingerprint density at radius 1 is 0.970 bits per heavy atom. The van der Waals surface area contributed by atoms with Crippen LogP contribution in [0.25, 0.3) is 17.1 Å². The third kappa shape index (κ3) is 4.54. The van der Waals surface area contributed by atoms with Crippen molar-refractivity contribution in [2.75, 3.05) is 24.3 Å². The van der Waals surface area contributed by atoms with Gasteiger partial charge in [0.25, 0.3) is 0 Å². The predicted molar refractivity (Wildman–Crippen MR) is 124 cm³/mol. The molecule has 0 aliphatic carbocycles. The Bertz CT molecular complexity index is 1300. The number of nitrogens with zero attached hydrogens (tertiary/aromatic N) is 3. The van der Waals surface area contributed by atoms with Crippen molar-refractivity contribution in [3.8, 4) is 28.6 Å². The predicted octanol–water partition coefficient (Wildman–Crippen LogP) is 4.58. The Morgan fingerprint density at radius 2 is 1.73 bits per heavy atom. The first kappa shape index (κ1) is 21.0. The second-order valence-corrected chi connectivity index (χ2v) is 8.09. The van der Waals surface area contributed by atoms with E-state index in [1.807, 2.05) is 30.3 Å². The molecule has 5 rings (SSSR count). The summed E-state index contributed by atoms with van der Waals surface area (Å²) in [5.74, 6) is 1.11. The third-order valence-corrected chi connectivity index (χ3v) is 5.85. The van der Waals surface area contributed by atoms with Gasteiger partial charge in [0.15, 0.2) is 22.5 Å². The fraction of sp³-hybridized carbons (Fsp3) is 0.125. The Morgan fingerprint density at radius 3 is 2.55 bits per heavy atom. The van der Waals surface area contributed by atoms with Crippen molar-refractivity contribution in [3.05, 3.63) is 78.6 Å². The maximum absolute atomic E-state index is 14.5. The second-order valence-electron chi connectivity index (χ2n) is 7.15. The molecule has 0 saturated heterocycles. The normalized spacial score (nSPS) is 12.4. The molecule has 1 aliphatic rings. The molecule has 1 aliphatic heterocycles. The van der Waals surface area contributed by atoms with E-state index in [0.717, 1.165) is 5.69 Å². The van der Waals surface area contributed by atoms with Gasteiger partial charge in [-0.3, -0.25) is 9.36 Å². The molecule has 166 valence electrons. The highest BCUT2D eigenvalue weighted by atomic mass is 32.2. The molecule has 1 N–H and O–H groups in total. The van der Waals surface area contributed by atoms with Crippen molar-refractivity contribution >= 4 is 23.4 Å². The van der Waals surface area contributed by atoms with Crippen molar-refractivity contribution in [1.82, 2.24) is 14.8 Å². The SMILES string of the molecule is O=C(CSc1nnc(-c2ccccc2F)n1-c1ccccc1)Nc1ccc2c(c1)OCCO2. The van der Waals surface area contributed by atoms with Crippen molar-refractivity contribution in [2.45, 2.75) is 5.16 Å². The van der Waals surface area contributed by atoms with E-state index in [-0.39, 0.29) is 11.7 Å². The van der Waals surface area contributed by atoms with Gasteiger partial charge in [-0.05, 0) is 36.4 Å². The molecule has 0 spiro atoms. The number of carbonyl (C=O) groups excluding carboxylic acids is 1. The number of benzene rings is 3.